The molecule has 0 amide bonds. The van der Waals surface area contributed by atoms with Crippen LogP contribution in [0.5, 0.6) is 11.5 Å². The first-order valence-corrected chi connectivity index (χ1v) is 11.4. The Bertz CT molecular complexity index is 868. The summed E-state index contributed by atoms with van der Waals surface area (Å²) in [5.74, 6) is -0.429. The summed E-state index contributed by atoms with van der Waals surface area (Å²) in [6.07, 6.45) is 4.05. The lowest BCUT2D eigenvalue weighted by Crippen LogP contribution is -2.48. The van der Waals surface area contributed by atoms with Crippen molar-refractivity contribution < 1.29 is 28.2 Å². The molecule has 0 radical (unpaired) electrons. The highest BCUT2D eigenvalue weighted by Gasteiger charge is 2.23. The minimum Gasteiger partial charge on any atom is -0.486 e. The molecular formula is C25H32F2N2O4. The average Bonchev–Trinajstić information content (AvgIpc) is 3.29. The first-order valence-electron chi connectivity index (χ1n) is 11.4. The highest BCUT2D eigenvalue weighted by molar-refractivity contribution is 5.69. The van der Waals surface area contributed by atoms with Gasteiger partial charge in [-0.2, -0.15) is 8.78 Å². The van der Waals surface area contributed by atoms with E-state index in [-0.39, 0.29) is 18.4 Å². The number of nitrogens with zero attached hydrogens (tertiary/aromatic N) is 2. The fourth-order valence-electron chi connectivity index (χ4n) is 4.05. The van der Waals surface area contributed by atoms with Gasteiger partial charge < -0.3 is 19.5 Å². The topological polar surface area (TPSA) is 62.2 Å². The van der Waals surface area contributed by atoms with Gasteiger partial charge in [0.05, 0.1) is 12.6 Å². The zero-order valence-electron chi connectivity index (χ0n) is 19.0. The monoisotopic (exact) mass is 462 g/mol. The number of benzene rings is 2. The summed E-state index contributed by atoms with van der Waals surface area (Å²) in [6.45, 7) is 1.84. The summed E-state index contributed by atoms with van der Waals surface area (Å²) in [4.78, 5) is 14.8. The number of carboxylic acids is 1. The summed E-state index contributed by atoms with van der Waals surface area (Å²) >= 11 is 0. The van der Waals surface area contributed by atoms with E-state index in [1.807, 2.05) is 23.1 Å². The van der Waals surface area contributed by atoms with E-state index >= 15 is 0 Å². The molecule has 2 fully saturated rings. The molecule has 2 aromatic rings. The number of rotatable bonds is 7. The van der Waals surface area contributed by atoms with Crippen molar-refractivity contribution in [2.24, 2.45) is 0 Å². The van der Waals surface area contributed by atoms with Crippen LogP contribution in [0.4, 0.5) is 14.5 Å². The number of hydrogen-bond acceptors (Lipinski definition) is 5. The fraction of sp³-hybridized carbons (Fsp3) is 0.480. The van der Waals surface area contributed by atoms with E-state index < -0.39 is 12.6 Å². The molecule has 1 saturated heterocycles. The van der Waals surface area contributed by atoms with Gasteiger partial charge in [-0.3, -0.25) is 9.69 Å². The van der Waals surface area contributed by atoms with Crippen LogP contribution in [0.3, 0.4) is 0 Å². The van der Waals surface area contributed by atoms with E-state index in [1.165, 1.54) is 11.6 Å². The third-order valence-corrected chi connectivity index (χ3v) is 5.78. The van der Waals surface area contributed by atoms with Gasteiger partial charge in [0.15, 0.2) is 11.5 Å². The van der Waals surface area contributed by atoms with Crippen molar-refractivity contribution in [3.63, 3.8) is 0 Å². The molecule has 1 N–H and O–H groups in total. The molecule has 2 aromatic carbocycles. The van der Waals surface area contributed by atoms with Crippen molar-refractivity contribution in [2.75, 3.05) is 37.6 Å². The van der Waals surface area contributed by atoms with Crippen molar-refractivity contribution >= 4 is 11.7 Å². The van der Waals surface area contributed by atoms with Gasteiger partial charge in [-0.25, -0.2) is 0 Å². The summed E-state index contributed by atoms with van der Waals surface area (Å²) in [6, 6.07) is 15.3. The van der Waals surface area contributed by atoms with Gasteiger partial charge in [0.1, 0.15) is 0 Å². The molecule has 1 aliphatic heterocycles. The molecule has 0 unspecified atom stereocenters. The number of carboxylic acid groups (broad SMARTS) is 1. The van der Waals surface area contributed by atoms with Crippen LogP contribution < -0.4 is 14.4 Å². The Labute approximate surface area is 193 Å². The number of carbonyl (C=O) groups is 1. The van der Waals surface area contributed by atoms with E-state index in [0.29, 0.717) is 31.9 Å². The molecule has 0 atom stereocenters. The molecule has 0 spiro atoms. The van der Waals surface area contributed by atoms with Crippen molar-refractivity contribution in [3.8, 4) is 11.5 Å². The summed E-state index contributed by atoms with van der Waals surface area (Å²) in [5, 5.41) is 8.88. The lowest BCUT2D eigenvalue weighted by molar-refractivity contribution is -0.138. The van der Waals surface area contributed by atoms with Crippen LogP contribution in [0, 0.1) is 6.92 Å². The van der Waals surface area contributed by atoms with E-state index in [2.05, 4.69) is 28.7 Å². The van der Waals surface area contributed by atoms with Gasteiger partial charge in [-0.15, -0.1) is 0 Å². The Morgan fingerprint density at radius 2 is 1.70 bits per heavy atom. The SMILES string of the molecule is Cc1ccccc1.O=C(O)CN1CCN(c2ccc(OC(F)F)c(OC3CCCC3)c2)CC1. The predicted molar refractivity (Wildman–Crippen MR) is 123 cm³/mol. The zero-order chi connectivity index (χ0) is 23.6. The molecule has 1 aliphatic carbocycles. The van der Waals surface area contributed by atoms with Crippen molar-refractivity contribution in [1.29, 1.82) is 0 Å². The van der Waals surface area contributed by atoms with Crippen LogP contribution in [-0.2, 0) is 4.79 Å². The van der Waals surface area contributed by atoms with Crippen molar-refractivity contribution in [2.45, 2.75) is 45.3 Å². The summed E-state index contributed by atoms with van der Waals surface area (Å²) in [5.41, 5.74) is 2.19. The minimum atomic E-state index is -2.90. The van der Waals surface area contributed by atoms with Crippen molar-refractivity contribution in [1.82, 2.24) is 4.90 Å². The molecule has 0 bridgehead atoms. The molecule has 6 nitrogen and oxygen atoms in total. The third kappa shape index (κ3) is 8.20. The molecule has 0 aromatic heterocycles. The lowest BCUT2D eigenvalue weighted by Gasteiger charge is -2.35. The molecular weight excluding hydrogens is 430 g/mol. The van der Waals surface area contributed by atoms with Crippen molar-refractivity contribution in [3.05, 3.63) is 54.1 Å². The standard InChI is InChI=1S/C18H24F2N2O4.C7H8/c19-18(20)26-15-6-5-13(11-16(15)25-14-3-1-2-4-14)22-9-7-21(8-10-22)12-17(23)24;1-7-5-3-2-4-6-7/h5-6,11,14,18H,1-4,7-10,12H2,(H,23,24);2-6H,1H3. The second-order valence-corrected chi connectivity index (χ2v) is 8.35. The molecule has 2 aliphatic rings. The lowest BCUT2D eigenvalue weighted by atomic mass is 10.2. The van der Waals surface area contributed by atoms with Gasteiger partial charge in [0, 0.05) is 37.9 Å². The molecule has 8 heteroatoms. The number of hydrogen-bond donors (Lipinski definition) is 1. The number of alkyl halides is 2. The number of aliphatic carboxylic acids is 1. The van der Waals surface area contributed by atoms with E-state index in [1.54, 1.807) is 12.1 Å². The van der Waals surface area contributed by atoms with E-state index in [4.69, 9.17) is 9.84 Å². The van der Waals surface area contributed by atoms with Gasteiger partial charge in [-0.05, 0) is 44.7 Å². The highest BCUT2D eigenvalue weighted by Crippen LogP contribution is 2.36. The molecule has 33 heavy (non-hydrogen) atoms. The smallest absolute Gasteiger partial charge is 0.387 e. The number of piperazine rings is 1. The summed E-state index contributed by atoms with van der Waals surface area (Å²) < 4.78 is 35.9. The maximum absolute atomic E-state index is 12.7. The number of ether oxygens (including phenoxy) is 2. The Hall–Kier alpha value is -2.87. The number of anilines is 1. The Kier molecular flexibility index (Phi) is 9.30. The maximum atomic E-state index is 12.7. The first-order chi connectivity index (χ1) is 15.9. The normalized spacial score (nSPS) is 16.9. The number of halogens is 2. The van der Waals surface area contributed by atoms with E-state index in [9.17, 15) is 13.6 Å². The van der Waals surface area contributed by atoms with E-state index in [0.717, 1.165) is 31.4 Å². The molecule has 180 valence electrons. The van der Waals surface area contributed by atoms with Crippen LogP contribution in [0.1, 0.15) is 31.2 Å². The predicted octanol–water partition coefficient (Wildman–Crippen LogP) is 4.81. The van der Waals surface area contributed by atoms with Gasteiger partial charge in [-0.1, -0.05) is 35.9 Å². The number of aryl methyl sites for hydroxylation is 1. The Morgan fingerprint density at radius 3 is 2.24 bits per heavy atom. The fourth-order valence-corrected chi connectivity index (χ4v) is 4.05. The largest absolute Gasteiger partial charge is 0.486 e. The van der Waals surface area contributed by atoms with Crippen LogP contribution >= 0.6 is 0 Å². The van der Waals surface area contributed by atoms with Gasteiger partial charge in [0.2, 0.25) is 0 Å². The summed E-state index contributed by atoms with van der Waals surface area (Å²) in [7, 11) is 0. The third-order valence-electron chi connectivity index (χ3n) is 5.78. The Morgan fingerprint density at radius 1 is 1.03 bits per heavy atom. The molecule has 4 rings (SSSR count). The van der Waals surface area contributed by atoms with Gasteiger partial charge in [0.25, 0.3) is 0 Å². The Balaban J connectivity index is 0.000000374. The van der Waals surface area contributed by atoms with Crippen LogP contribution in [0.2, 0.25) is 0 Å². The van der Waals surface area contributed by atoms with Crippen LogP contribution in [0.15, 0.2) is 48.5 Å². The first kappa shape index (κ1) is 24.8. The van der Waals surface area contributed by atoms with Crippen LogP contribution in [0.25, 0.3) is 0 Å². The average molecular weight is 463 g/mol. The zero-order valence-corrected chi connectivity index (χ0v) is 19.0. The maximum Gasteiger partial charge on any atom is 0.387 e. The quantitative estimate of drug-likeness (QED) is 0.637. The minimum absolute atomic E-state index is 0.0328. The second kappa shape index (κ2) is 12.4. The second-order valence-electron chi connectivity index (χ2n) is 8.35. The molecule has 1 heterocycles. The van der Waals surface area contributed by atoms with Gasteiger partial charge >= 0.3 is 12.6 Å². The highest BCUT2D eigenvalue weighted by atomic mass is 19.3. The van der Waals surface area contributed by atoms with Crippen LogP contribution in [-0.4, -0.2) is 61.4 Å². The molecule has 1 saturated carbocycles.